The number of carbonyl (C=O) groups excluding carboxylic acids is 1. The van der Waals surface area contributed by atoms with Crippen LogP contribution in [0.5, 0.6) is 0 Å². The lowest BCUT2D eigenvalue weighted by atomic mass is 10.1. The minimum Gasteiger partial charge on any atom is -0.324 e. The van der Waals surface area contributed by atoms with E-state index in [0.29, 0.717) is 0 Å². The van der Waals surface area contributed by atoms with Crippen molar-refractivity contribution in [1.29, 1.82) is 0 Å². The Bertz CT molecular complexity index is 427. The lowest BCUT2D eigenvalue weighted by Gasteiger charge is -2.23. The van der Waals surface area contributed by atoms with Crippen molar-refractivity contribution in [2.24, 2.45) is 0 Å². The van der Waals surface area contributed by atoms with Crippen LogP contribution in [0.25, 0.3) is 0 Å². The molecule has 0 aliphatic heterocycles. The van der Waals surface area contributed by atoms with Gasteiger partial charge < -0.3 is 5.32 Å². The summed E-state index contributed by atoms with van der Waals surface area (Å²) < 4.78 is 0. The predicted molar refractivity (Wildman–Crippen MR) is 70.2 cm³/mol. The van der Waals surface area contributed by atoms with Crippen LogP contribution >= 0.6 is 0 Å². The van der Waals surface area contributed by atoms with E-state index in [1.807, 2.05) is 51.0 Å². The van der Waals surface area contributed by atoms with Gasteiger partial charge in [-0.2, -0.15) is 0 Å². The van der Waals surface area contributed by atoms with E-state index in [0.717, 1.165) is 29.7 Å². The normalized spacial score (nSPS) is 17.0. The van der Waals surface area contributed by atoms with Crippen molar-refractivity contribution in [3.8, 4) is 0 Å². The molecule has 1 N–H and O–H groups in total. The Labute approximate surface area is 103 Å². The van der Waals surface area contributed by atoms with Crippen molar-refractivity contribution in [2.45, 2.75) is 32.2 Å². The molecule has 1 amide bonds. The molecule has 17 heavy (non-hydrogen) atoms. The quantitative estimate of drug-likeness (QED) is 0.867. The summed E-state index contributed by atoms with van der Waals surface area (Å²) >= 11 is 0. The zero-order valence-corrected chi connectivity index (χ0v) is 11.0. The molecule has 1 fully saturated rings. The van der Waals surface area contributed by atoms with Gasteiger partial charge in [0.1, 0.15) is 5.54 Å². The molecule has 0 radical (unpaired) electrons. The Balaban J connectivity index is 2.20. The molecule has 0 unspecified atom stereocenters. The third-order valence-electron chi connectivity index (χ3n) is 3.72. The Morgan fingerprint density at radius 1 is 1.24 bits per heavy atom. The van der Waals surface area contributed by atoms with Gasteiger partial charge in [0.25, 0.3) is 0 Å². The fourth-order valence-electron chi connectivity index (χ4n) is 2.24. The first-order chi connectivity index (χ1) is 7.97. The van der Waals surface area contributed by atoms with E-state index in [-0.39, 0.29) is 11.4 Å². The number of nitrogens with zero attached hydrogens (tertiary/aromatic N) is 1. The van der Waals surface area contributed by atoms with Crippen LogP contribution in [0.1, 0.15) is 24.0 Å². The summed E-state index contributed by atoms with van der Waals surface area (Å²) in [5.74, 6) is 0.125. The van der Waals surface area contributed by atoms with Gasteiger partial charge in [-0.3, -0.25) is 9.69 Å². The molecule has 3 heteroatoms. The summed E-state index contributed by atoms with van der Waals surface area (Å²) in [6, 6.07) is 6.06. The standard InChI is InChI=1S/C14H20N2O/c1-10-6-5-7-11(2)12(10)15-13(17)14(8-9-14)16(3)4/h5-7H,8-9H2,1-4H3,(H,15,17). The van der Waals surface area contributed by atoms with Crippen molar-refractivity contribution in [1.82, 2.24) is 4.90 Å². The maximum atomic E-state index is 12.3. The average Bonchev–Trinajstić information content (AvgIpc) is 3.04. The third-order valence-corrected chi connectivity index (χ3v) is 3.72. The minimum atomic E-state index is -0.269. The Morgan fingerprint density at radius 3 is 2.18 bits per heavy atom. The van der Waals surface area contributed by atoms with Gasteiger partial charge in [0.2, 0.25) is 5.91 Å². The van der Waals surface area contributed by atoms with E-state index in [1.54, 1.807) is 0 Å². The average molecular weight is 232 g/mol. The van der Waals surface area contributed by atoms with Gasteiger partial charge in [-0.1, -0.05) is 18.2 Å². The van der Waals surface area contributed by atoms with Crippen molar-refractivity contribution < 1.29 is 4.79 Å². The van der Waals surface area contributed by atoms with Crippen LogP contribution in [-0.4, -0.2) is 30.4 Å². The molecular formula is C14H20N2O. The van der Waals surface area contributed by atoms with Gasteiger partial charge in [-0.15, -0.1) is 0 Å². The summed E-state index contributed by atoms with van der Waals surface area (Å²) in [6.07, 6.45) is 1.91. The second kappa shape index (κ2) is 4.15. The summed E-state index contributed by atoms with van der Waals surface area (Å²) in [4.78, 5) is 14.3. The molecule has 0 atom stereocenters. The van der Waals surface area contributed by atoms with Gasteiger partial charge in [-0.05, 0) is 51.9 Å². The van der Waals surface area contributed by atoms with Crippen molar-refractivity contribution in [3.63, 3.8) is 0 Å². The number of amides is 1. The van der Waals surface area contributed by atoms with Crippen LogP contribution in [-0.2, 0) is 4.79 Å². The Kier molecular flexibility index (Phi) is 2.96. The Morgan fingerprint density at radius 2 is 1.76 bits per heavy atom. The first-order valence-corrected chi connectivity index (χ1v) is 6.02. The lowest BCUT2D eigenvalue weighted by molar-refractivity contribution is -0.121. The maximum absolute atomic E-state index is 12.3. The van der Waals surface area contributed by atoms with Crippen LogP contribution in [0.4, 0.5) is 5.69 Å². The predicted octanol–water partition coefficient (Wildman–Crippen LogP) is 2.34. The highest BCUT2D eigenvalue weighted by Gasteiger charge is 2.51. The number of likely N-dealkylation sites (N-methyl/N-ethyl adjacent to an activating group) is 1. The number of rotatable bonds is 3. The molecule has 1 aromatic carbocycles. The van der Waals surface area contributed by atoms with E-state index in [2.05, 4.69) is 5.32 Å². The van der Waals surface area contributed by atoms with E-state index in [4.69, 9.17) is 0 Å². The maximum Gasteiger partial charge on any atom is 0.244 e. The van der Waals surface area contributed by atoms with Crippen molar-refractivity contribution >= 4 is 11.6 Å². The van der Waals surface area contributed by atoms with Crippen molar-refractivity contribution in [3.05, 3.63) is 29.3 Å². The molecule has 0 aromatic heterocycles. The summed E-state index contributed by atoms with van der Waals surface area (Å²) in [5, 5.41) is 3.08. The monoisotopic (exact) mass is 232 g/mol. The smallest absolute Gasteiger partial charge is 0.244 e. The zero-order chi connectivity index (χ0) is 12.6. The Hall–Kier alpha value is -1.35. The van der Waals surface area contributed by atoms with Crippen LogP contribution in [0.15, 0.2) is 18.2 Å². The third kappa shape index (κ3) is 2.07. The highest BCUT2D eigenvalue weighted by molar-refractivity contribution is 6.01. The molecule has 3 nitrogen and oxygen atoms in total. The molecule has 0 saturated heterocycles. The van der Waals surface area contributed by atoms with E-state index < -0.39 is 0 Å². The largest absolute Gasteiger partial charge is 0.324 e. The number of nitrogens with one attached hydrogen (secondary N) is 1. The van der Waals surface area contributed by atoms with Gasteiger partial charge in [0.05, 0.1) is 0 Å². The summed E-state index contributed by atoms with van der Waals surface area (Å²) in [6.45, 7) is 4.05. The van der Waals surface area contributed by atoms with Gasteiger partial charge in [0.15, 0.2) is 0 Å². The molecule has 1 aliphatic rings. The molecule has 1 saturated carbocycles. The SMILES string of the molecule is Cc1cccc(C)c1NC(=O)C1(N(C)C)CC1. The number of para-hydroxylation sites is 1. The first-order valence-electron chi connectivity index (χ1n) is 6.02. The fraction of sp³-hybridized carbons (Fsp3) is 0.500. The molecule has 2 rings (SSSR count). The topological polar surface area (TPSA) is 32.3 Å². The highest BCUT2D eigenvalue weighted by atomic mass is 16.2. The van der Waals surface area contributed by atoms with Crippen LogP contribution in [0.3, 0.4) is 0 Å². The van der Waals surface area contributed by atoms with Crippen LogP contribution < -0.4 is 5.32 Å². The van der Waals surface area contributed by atoms with Crippen molar-refractivity contribution in [2.75, 3.05) is 19.4 Å². The number of hydrogen-bond donors (Lipinski definition) is 1. The number of aryl methyl sites for hydroxylation is 2. The summed E-state index contributed by atoms with van der Waals surface area (Å²) in [7, 11) is 3.94. The molecule has 0 bridgehead atoms. The molecule has 0 heterocycles. The number of benzene rings is 1. The van der Waals surface area contributed by atoms with E-state index >= 15 is 0 Å². The second-order valence-corrected chi connectivity index (χ2v) is 5.15. The molecule has 0 spiro atoms. The number of anilines is 1. The number of hydrogen-bond acceptors (Lipinski definition) is 2. The van der Waals surface area contributed by atoms with Gasteiger partial charge in [0, 0.05) is 5.69 Å². The fourth-order valence-corrected chi connectivity index (χ4v) is 2.24. The minimum absolute atomic E-state index is 0.125. The molecule has 1 aromatic rings. The van der Waals surface area contributed by atoms with E-state index in [1.165, 1.54) is 0 Å². The molecular weight excluding hydrogens is 212 g/mol. The van der Waals surface area contributed by atoms with Crippen LogP contribution in [0, 0.1) is 13.8 Å². The summed E-state index contributed by atoms with van der Waals surface area (Å²) in [5.41, 5.74) is 2.93. The van der Waals surface area contributed by atoms with Gasteiger partial charge in [-0.25, -0.2) is 0 Å². The highest BCUT2D eigenvalue weighted by Crippen LogP contribution is 2.41. The zero-order valence-electron chi connectivity index (χ0n) is 11.0. The lowest BCUT2D eigenvalue weighted by Crippen LogP contribution is -2.42. The number of carbonyl (C=O) groups is 1. The molecule has 1 aliphatic carbocycles. The first kappa shape index (κ1) is 12.1. The second-order valence-electron chi connectivity index (χ2n) is 5.15. The van der Waals surface area contributed by atoms with Gasteiger partial charge >= 0.3 is 0 Å². The van der Waals surface area contributed by atoms with E-state index in [9.17, 15) is 4.79 Å². The van der Waals surface area contributed by atoms with Crippen LogP contribution in [0.2, 0.25) is 0 Å². The molecule has 92 valence electrons.